The number of nitrogens with zero attached hydrogens (tertiary/aromatic N) is 3. The zero-order valence-corrected chi connectivity index (χ0v) is 15.6. The Morgan fingerprint density at radius 3 is 2.50 bits per heavy atom. The zero-order chi connectivity index (χ0) is 17.9. The standard InChI is InChI=1S/C17H15IN4O4/c18-16-12-6-4-7-10(12)15-14(16)11(6)13(7)17(15)20-19-8-2-1-5(21(23)24)3-9(8)22(25)26/h1-3,6-7,10-16,19H,4H2/b20-17+/t6-,7+,10-,11-,12-,13-,14+,15-,16+/m0/s1. The fraction of sp³-hybridized carbons (Fsp3) is 0.588. The van der Waals surface area contributed by atoms with E-state index in [4.69, 9.17) is 0 Å². The van der Waals surface area contributed by atoms with Crippen molar-refractivity contribution in [3.8, 4) is 0 Å². The van der Waals surface area contributed by atoms with E-state index < -0.39 is 9.85 Å². The van der Waals surface area contributed by atoms with Crippen LogP contribution in [0.25, 0.3) is 0 Å². The van der Waals surface area contributed by atoms with E-state index in [9.17, 15) is 20.2 Å². The Morgan fingerprint density at radius 2 is 1.81 bits per heavy atom. The van der Waals surface area contributed by atoms with E-state index in [0.717, 1.165) is 45.5 Å². The van der Waals surface area contributed by atoms with Crippen molar-refractivity contribution in [2.75, 3.05) is 5.43 Å². The lowest BCUT2D eigenvalue weighted by Gasteiger charge is -2.32. The molecule has 9 heteroatoms. The number of anilines is 1. The Morgan fingerprint density at radius 1 is 1.04 bits per heavy atom. The van der Waals surface area contributed by atoms with Crippen LogP contribution in [0.4, 0.5) is 17.1 Å². The maximum absolute atomic E-state index is 11.3. The molecule has 1 aromatic carbocycles. The molecule has 0 spiro atoms. The number of nitrogens with one attached hydrogen (secondary N) is 1. The summed E-state index contributed by atoms with van der Waals surface area (Å²) in [6.07, 6.45) is 1.34. The second-order valence-corrected chi connectivity index (χ2v) is 9.67. The van der Waals surface area contributed by atoms with E-state index in [1.807, 2.05) is 0 Å². The van der Waals surface area contributed by atoms with E-state index in [1.165, 1.54) is 24.3 Å². The molecule has 1 N–H and O–H groups in total. The number of non-ortho nitro benzene ring substituents is 1. The number of nitro groups is 2. The van der Waals surface area contributed by atoms with Gasteiger partial charge in [-0.2, -0.15) is 5.10 Å². The van der Waals surface area contributed by atoms with Gasteiger partial charge in [-0.05, 0) is 48.0 Å². The molecule has 7 rings (SSSR count). The Bertz CT molecular complexity index is 918. The summed E-state index contributed by atoms with van der Waals surface area (Å²) >= 11 is 2.65. The summed E-state index contributed by atoms with van der Waals surface area (Å²) in [5.41, 5.74) is 3.72. The van der Waals surface area contributed by atoms with Crippen molar-refractivity contribution in [1.82, 2.24) is 0 Å². The van der Waals surface area contributed by atoms with Crippen molar-refractivity contribution in [1.29, 1.82) is 0 Å². The van der Waals surface area contributed by atoms with Crippen LogP contribution >= 0.6 is 22.6 Å². The largest absolute Gasteiger partial charge is 0.301 e. The molecule has 26 heavy (non-hydrogen) atoms. The zero-order valence-electron chi connectivity index (χ0n) is 13.5. The Hall–Kier alpha value is -1.78. The van der Waals surface area contributed by atoms with Gasteiger partial charge in [0.15, 0.2) is 0 Å². The molecule has 6 aliphatic rings. The van der Waals surface area contributed by atoms with Crippen molar-refractivity contribution in [2.45, 2.75) is 10.3 Å². The topological polar surface area (TPSA) is 111 Å². The van der Waals surface area contributed by atoms with Crippen LogP contribution in [0.5, 0.6) is 0 Å². The van der Waals surface area contributed by atoms with Gasteiger partial charge in [0.2, 0.25) is 0 Å². The number of halogens is 1. The monoisotopic (exact) mass is 466 g/mol. The van der Waals surface area contributed by atoms with Gasteiger partial charge < -0.3 is 0 Å². The van der Waals surface area contributed by atoms with Gasteiger partial charge >= 0.3 is 5.69 Å². The van der Waals surface area contributed by atoms with E-state index in [2.05, 4.69) is 33.1 Å². The Balaban J connectivity index is 1.35. The molecule has 9 atom stereocenters. The highest BCUT2D eigenvalue weighted by Crippen LogP contribution is 2.82. The van der Waals surface area contributed by atoms with Gasteiger partial charge in [0.25, 0.3) is 5.69 Å². The number of nitro benzene ring substituents is 2. The van der Waals surface area contributed by atoms with Crippen LogP contribution in [0.2, 0.25) is 0 Å². The fourth-order valence-corrected chi connectivity index (χ4v) is 9.32. The molecule has 6 saturated carbocycles. The van der Waals surface area contributed by atoms with E-state index in [0.29, 0.717) is 11.8 Å². The third-order valence-corrected chi connectivity index (χ3v) is 9.40. The van der Waals surface area contributed by atoms with E-state index in [-0.39, 0.29) is 17.1 Å². The third-order valence-electron chi connectivity index (χ3n) is 7.73. The molecule has 0 radical (unpaired) electrons. The molecule has 134 valence electrons. The molecule has 0 amide bonds. The summed E-state index contributed by atoms with van der Waals surface area (Å²) in [5.74, 6) is 5.89. The Kier molecular flexibility index (Phi) is 2.78. The summed E-state index contributed by atoms with van der Waals surface area (Å²) in [7, 11) is 0. The first-order valence-electron chi connectivity index (χ1n) is 8.89. The highest BCUT2D eigenvalue weighted by Gasteiger charge is 2.82. The fourth-order valence-electron chi connectivity index (χ4n) is 7.38. The molecule has 1 aromatic rings. The van der Waals surface area contributed by atoms with E-state index in [1.54, 1.807) is 0 Å². The van der Waals surface area contributed by atoms with Crippen LogP contribution in [0, 0.1) is 67.6 Å². The molecule has 0 aliphatic heterocycles. The van der Waals surface area contributed by atoms with Crippen LogP contribution in [0.3, 0.4) is 0 Å². The second kappa shape index (κ2) is 4.73. The maximum atomic E-state index is 11.3. The molecule has 0 aromatic heterocycles. The molecule has 0 unspecified atom stereocenters. The van der Waals surface area contributed by atoms with Gasteiger partial charge in [-0.1, -0.05) is 22.6 Å². The summed E-state index contributed by atoms with van der Waals surface area (Å²) < 4.78 is 0.758. The Labute approximate surface area is 161 Å². The number of hydrogen-bond donors (Lipinski definition) is 1. The van der Waals surface area contributed by atoms with Crippen molar-refractivity contribution in [2.24, 2.45) is 52.4 Å². The quantitative estimate of drug-likeness (QED) is 0.316. The minimum Gasteiger partial charge on any atom is -0.272 e. The SMILES string of the molecule is O=[N+]([O-])c1ccc(N/N=C2/[C@H]3[C@H]4[C@H]5C[C@@H]6[C@@H]4[C@@H](I)[C@@H]3[C@@H]6[C@@H]25)c([N+](=O)[O-])c1. The van der Waals surface area contributed by atoms with Crippen molar-refractivity contribution < 1.29 is 9.85 Å². The lowest BCUT2D eigenvalue weighted by molar-refractivity contribution is -0.393. The number of alkyl halides is 1. The van der Waals surface area contributed by atoms with Crippen LogP contribution in [0.1, 0.15) is 6.42 Å². The third kappa shape index (κ3) is 1.55. The minimum absolute atomic E-state index is 0.220. The number of hydrogen-bond acceptors (Lipinski definition) is 6. The average molecular weight is 466 g/mol. The van der Waals surface area contributed by atoms with Gasteiger partial charge in [-0.15, -0.1) is 0 Å². The van der Waals surface area contributed by atoms with Crippen molar-refractivity contribution >= 4 is 45.4 Å². The second-order valence-electron chi connectivity index (χ2n) is 8.23. The molecule has 8 nitrogen and oxygen atoms in total. The maximum Gasteiger partial charge on any atom is 0.301 e. The highest BCUT2D eigenvalue weighted by atomic mass is 127. The summed E-state index contributed by atoms with van der Waals surface area (Å²) in [6, 6.07) is 3.65. The molecular weight excluding hydrogens is 451 g/mol. The van der Waals surface area contributed by atoms with Gasteiger partial charge in [-0.3, -0.25) is 25.7 Å². The number of rotatable bonds is 4. The first kappa shape index (κ1) is 15.3. The van der Waals surface area contributed by atoms with Crippen LogP contribution in [-0.4, -0.2) is 19.5 Å². The van der Waals surface area contributed by atoms with E-state index >= 15 is 0 Å². The number of hydrazone groups is 1. The molecule has 0 heterocycles. The summed E-state index contributed by atoms with van der Waals surface area (Å²) in [6.45, 7) is 0. The number of benzene rings is 1. The highest BCUT2D eigenvalue weighted by molar-refractivity contribution is 14.1. The lowest BCUT2D eigenvalue weighted by Crippen LogP contribution is -2.30. The summed E-state index contributed by atoms with van der Waals surface area (Å²) in [5, 5.41) is 26.8. The normalized spacial score (nSPS) is 46.8. The van der Waals surface area contributed by atoms with Gasteiger partial charge in [0, 0.05) is 27.5 Å². The minimum atomic E-state index is -0.626. The smallest absolute Gasteiger partial charge is 0.272 e. The van der Waals surface area contributed by atoms with Gasteiger partial charge in [0.1, 0.15) is 5.69 Å². The van der Waals surface area contributed by atoms with Crippen LogP contribution in [0.15, 0.2) is 23.3 Å². The molecule has 6 aliphatic carbocycles. The van der Waals surface area contributed by atoms with Crippen LogP contribution < -0.4 is 5.43 Å². The predicted octanol–water partition coefficient (Wildman–Crippen LogP) is 3.46. The molecule has 0 saturated heterocycles. The van der Waals surface area contributed by atoms with Crippen LogP contribution in [-0.2, 0) is 0 Å². The van der Waals surface area contributed by atoms with Gasteiger partial charge in [0.05, 0.1) is 15.9 Å². The van der Waals surface area contributed by atoms with Gasteiger partial charge in [-0.25, -0.2) is 0 Å². The molecule has 6 bridgehead atoms. The molecule has 6 fully saturated rings. The summed E-state index contributed by atoms with van der Waals surface area (Å²) in [4.78, 5) is 20.9. The lowest BCUT2D eigenvalue weighted by atomic mass is 9.71. The average Bonchev–Trinajstić information content (AvgIpc) is 3.35. The van der Waals surface area contributed by atoms with Crippen molar-refractivity contribution in [3.05, 3.63) is 38.4 Å². The first-order chi connectivity index (χ1) is 12.5. The van der Waals surface area contributed by atoms with Crippen molar-refractivity contribution in [3.63, 3.8) is 0 Å². The predicted molar refractivity (Wildman–Crippen MR) is 101 cm³/mol. The molecular formula is C17H15IN4O4. The first-order valence-corrected chi connectivity index (χ1v) is 10.1.